The quantitative estimate of drug-likeness (QED) is 0.747. The molecule has 0 bridgehead atoms. The Kier molecular flexibility index (Phi) is 3.40. The molecule has 6 heteroatoms. The van der Waals surface area contributed by atoms with Gasteiger partial charge in [-0.2, -0.15) is 10.1 Å². The Labute approximate surface area is 95.2 Å². The average molecular weight is 225 g/mol. The largest absolute Gasteiger partial charge is 0.379 e. The van der Waals surface area contributed by atoms with Crippen LogP contribution in [0, 0.1) is 0 Å². The SMILES string of the molecule is CCCNC1COCC1c1nc(N)n(C)n1. The van der Waals surface area contributed by atoms with E-state index >= 15 is 0 Å². The van der Waals surface area contributed by atoms with Crippen molar-refractivity contribution < 1.29 is 4.74 Å². The Morgan fingerprint density at radius 1 is 1.56 bits per heavy atom. The number of anilines is 1. The van der Waals surface area contributed by atoms with E-state index in [1.807, 2.05) is 0 Å². The fourth-order valence-electron chi connectivity index (χ4n) is 1.91. The molecule has 2 heterocycles. The van der Waals surface area contributed by atoms with E-state index < -0.39 is 0 Å². The summed E-state index contributed by atoms with van der Waals surface area (Å²) < 4.78 is 7.08. The molecule has 1 aromatic rings. The third-order valence-electron chi connectivity index (χ3n) is 2.88. The number of nitrogen functional groups attached to an aromatic ring is 1. The third kappa shape index (κ3) is 2.17. The number of aryl methyl sites for hydroxylation is 1. The van der Waals surface area contributed by atoms with Crippen LogP contribution in [0.4, 0.5) is 5.95 Å². The number of aromatic nitrogens is 3. The Hall–Kier alpha value is -1.14. The molecule has 6 nitrogen and oxygen atoms in total. The first kappa shape index (κ1) is 11.3. The van der Waals surface area contributed by atoms with Gasteiger partial charge in [-0.15, -0.1) is 0 Å². The maximum atomic E-state index is 5.68. The lowest BCUT2D eigenvalue weighted by Gasteiger charge is -2.15. The van der Waals surface area contributed by atoms with Gasteiger partial charge in [0.1, 0.15) is 0 Å². The van der Waals surface area contributed by atoms with Crippen molar-refractivity contribution in [1.29, 1.82) is 0 Å². The second-order valence-corrected chi connectivity index (χ2v) is 4.16. The zero-order chi connectivity index (χ0) is 11.5. The summed E-state index contributed by atoms with van der Waals surface area (Å²) in [7, 11) is 1.80. The molecule has 1 aliphatic rings. The van der Waals surface area contributed by atoms with Crippen molar-refractivity contribution in [2.24, 2.45) is 7.05 Å². The minimum Gasteiger partial charge on any atom is -0.379 e. The topological polar surface area (TPSA) is 78.0 Å². The minimum atomic E-state index is 0.218. The van der Waals surface area contributed by atoms with Crippen molar-refractivity contribution in [3.8, 4) is 0 Å². The highest BCUT2D eigenvalue weighted by atomic mass is 16.5. The van der Waals surface area contributed by atoms with E-state index in [2.05, 4.69) is 22.3 Å². The highest BCUT2D eigenvalue weighted by Gasteiger charge is 2.32. The van der Waals surface area contributed by atoms with Crippen molar-refractivity contribution >= 4 is 5.95 Å². The summed E-state index contributed by atoms with van der Waals surface area (Å²) in [4.78, 5) is 4.26. The van der Waals surface area contributed by atoms with E-state index in [9.17, 15) is 0 Å². The van der Waals surface area contributed by atoms with Crippen LogP contribution in [0.15, 0.2) is 0 Å². The molecule has 2 atom stereocenters. The average Bonchev–Trinajstić information content (AvgIpc) is 2.83. The first-order valence-corrected chi connectivity index (χ1v) is 5.70. The molecule has 1 saturated heterocycles. The summed E-state index contributed by atoms with van der Waals surface area (Å²) in [6.07, 6.45) is 1.11. The molecule has 1 aliphatic heterocycles. The van der Waals surface area contributed by atoms with Gasteiger partial charge in [0, 0.05) is 13.1 Å². The lowest BCUT2D eigenvalue weighted by molar-refractivity contribution is 0.187. The van der Waals surface area contributed by atoms with Crippen molar-refractivity contribution in [3.63, 3.8) is 0 Å². The summed E-state index contributed by atoms with van der Waals surface area (Å²) in [5.41, 5.74) is 5.68. The van der Waals surface area contributed by atoms with Crippen LogP contribution >= 0.6 is 0 Å². The van der Waals surface area contributed by atoms with Crippen LogP contribution in [-0.2, 0) is 11.8 Å². The second-order valence-electron chi connectivity index (χ2n) is 4.16. The predicted octanol–water partition coefficient (Wildman–Crippen LogP) is -0.121. The summed E-state index contributed by atoms with van der Waals surface area (Å²) in [6, 6.07) is 0.307. The lowest BCUT2D eigenvalue weighted by atomic mass is 10.0. The number of rotatable bonds is 4. The highest BCUT2D eigenvalue weighted by molar-refractivity contribution is 5.18. The van der Waals surface area contributed by atoms with Gasteiger partial charge in [-0.25, -0.2) is 4.68 Å². The Balaban J connectivity index is 2.07. The molecule has 0 spiro atoms. The predicted molar refractivity (Wildman–Crippen MR) is 61.1 cm³/mol. The zero-order valence-electron chi connectivity index (χ0n) is 9.81. The minimum absolute atomic E-state index is 0.218. The number of nitrogens with one attached hydrogen (secondary N) is 1. The first-order valence-electron chi connectivity index (χ1n) is 5.70. The fraction of sp³-hybridized carbons (Fsp3) is 0.800. The molecule has 1 fully saturated rings. The third-order valence-corrected chi connectivity index (χ3v) is 2.88. The molecular formula is C10H19N5O. The van der Waals surface area contributed by atoms with Crippen LogP contribution in [-0.4, -0.2) is 40.6 Å². The summed E-state index contributed by atoms with van der Waals surface area (Å²) >= 11 is 0. The van der Waals surface area contributed by atoms with Gasteiger partial charge >= 0.3 is 0 Å². The molecule has 0 radical (unpaired) electrons. The van der Waals surface area contributed by atoms with Gasteiger partial charge < -0.3 is 15.8 Å². The molecule has 2 rings (SSSR count). The first-order chi connectivity index (χ1) is 7.72. The molecule has 3 N–H and O–H groups in total. The van der Waals surface area contributed by atoms with Crippen LogP contribution in [0.3, 0.4) is 0 Å². The van der Waals surface area contributed by atoms with Gasteiger partial charge in [-0.05, 0) is 13.0 Å². The van der Waals surface area contributed by atoms with E-state index in [1.54, 1.807) is 11.7 Å². The van der Waals surface area contributed by atoms with Crippen LogP contribution in [0.1, 0.15) is 25.1 Å². The van der Waals surface area contributed by atoms with Crippen molar-refractivity contribution in [3.05, 3.63) is 5.82 Å². The van der Waals surface area contributed by atoms with Crippen molar-refractivity contribution in [2.45, 2.75) is 25.3 Å². The molecule has 90 valence electrons. The fourth-order valence-corrected chi connectivity index (χ4v) is 1.91. The van der Waals surface area contributed by atoms with E-state index in [4.69, 9.17) is 10.5 Å². The molecule has 2 unspecified atom stereocenters. The zero-order valence-corrected chi connectivity index (χ0v) is 9.81. The Morgan fingerprint density at radius 2 is 2.38 bits per heavy atom. The van der Waals surface area contributed by atoms with E-state index in [0.29, 0.717) is 18.6 Å². The monoisotopic (exact) mass is 225 g/mol. The molecule has 0 saturated carbocycles. The number of hydrogen-bond acceptors (Lipinski definition) is 5. The summed E-state index contributed by atoms with van der Waals surface area (Å²) in [6.45, 7) is 4.54. The van der Waals surface area contributed by atoms with Crippen LogP contribution in [0.5, 0.6) is 0 Å². The molecule has 0 aromatic carbocycles. The maximum Gasteiger partial charge on any atom is 0.218 e. The van der Waals surface area contributed by atoms with Crippen molar-refractivity contribution in [2.75, 3.05) is 25.5 Å². The number of hydrogen-bond donors (Lipinski definition) is 2. The summed E-state index contributed by atoms with van der Waals surface area (Å²) in [5, 5.41) is 7.76. The van der Waals surface area contributed by atoms with Gasteiger partial charge in [0.15, 0.2) is 5.82 Å². The molecule has 16 heavy (non-hydrogen) atoms. The number of nitrogens with zero attached hydrogens (tertiary/aromatic N) is 3. The van der Waals surface area contributed by atoms with Gasteiger partial charge in [-0.1, -0.05) is 6.92 Å². The van der Waals surface area contributed by atoms with Gasteiger partial charge in [0.25, 0.3) is 0 Å². The number of nitrogens with two attached hydrogens (primary N) is 1. The Morgan fingerprint density at radius 3 is 3.00 bits per heavy atom. The van der Waals surface area contributed by atoms with Gasteiger partial charge in [-0.3, -0.25) is 0 Å². The van der Waals surface area contributed by atoms with Crippen LogP contribution in [0.2, 0.25) is 0 Å². The van der Waals surface area contributed by atoms with Gasteiger partial charge in [0.2, 0.25) is 5.95 Å². The molecular weight excluding hydrogens is 206 g/mol. The molecule has 1 aromatic heterocycles. The highest BCUT2D eigenvalue weighted by Crippen LogP contribution is 2.23. The number of ether oxygens (including phenoxy) is 1. The van der Waals surface area contributed by atoms with Gasteiger partial charge in [0.05, 0.1) is 19.1 Å². The maximum absolute atomic E-state index is 5.68. The van der Waals surface area contributed by atoms with Crippen molar-refractivity contribution in [1.82, 2.24) is 20.1 Å². The second kappa shape index (κ2) is 4.80. The molecule has 0 amide bonds. The lowest BCUT2D eigenvalue weighted by Crippen LogP contribution is -2.35. The summed E-state index contributed by atoms with van der Waals surface area (Å²) in [5.74, 6) is 1.46. The van der Waals surface area contributed by atoms with Crippen LogP contribution < -0.4 is 11.1 Å². The van der Waals surface area contributed by atoms with E-state index in [0.717, 1.165) is 25.4 Å². The standard InChI is InChI=1S/C10H19N5O/c1-3-4-12-8-6-16-5-7(8)9-13-10(11)15(2)14-9/h7-8,12H,3-6H2,1-2H3,(H2,11,13,14). The van der Waals surface area contributed by atoms with E-state index in [-0.39, 0.29) is 5.92 Å². The smallest absolute Gasteiger partial charge is 0.218 e. The Bertz CT molecular complexity index is 331. The molecule has 0 aliphatic carbocycles. The van der Waals surface area contributed by atoms with Crippen LogP contribution in [0.25, 0.3) is 0 Å². The van der Waals surface area contributed by atoms with E-state index in [1.165, 1.54) is 0 Å². The normalized spacial score (nSPS) is 25.1.